The molecule has 7 nitrogen and oxygen atoms in total. The summed E-state index contributed by atoms with van der Waals surface area (Å²) in [5.74, 6) is 0.648. The van der Waals surface area contributed by atoms with E-state index in [9.17, 15) is 9.59 Å². The van der Waals surface area contributed by atoms with Crippen LogP contribution in [0.15, 0.2) is 45.4 Å². The third-order valence-corrected chi connectivity index (χ3v) is 7.85. The highest BCUT2D eigenvalue weighted by Crippen LogP contribution is 2.34. The Kier molecular flexibility index (Phi) is 7.68. The van der Waals surface area contributed by atoms with Crippen LogP contribution >= 0.6 is 23.1 Å². The molecule has 3 aromatic rings. The van der Waals surface area contributed by atoms with E-state index in [1.54, 1.807) is 45.3 Å². The van der Waals surface area contributed by atoms with E-state index in [0.29, 0.717) is 30.6 Å². The second-order valence-corrected chi connectivity index (χ2v) is 9.96. The summed E-state index contributed by atoms with van der Waals surface area (Å²) in [4.78, 5) is 34.9. The molecule has 3 heterocycles. The van der Waals surface area contributed by atoms with E-state index < -0.39 is 0 Å². The van der Waals surface area contributed by atoms with Crippen molar-refractivity contribution in [3.8, 4) is 6.07 Å². The molecule has 172 valence electrons. The van der Waals surface area contributed by atoms with Crippen LogP contribution in [0.2, 0.25) is 0 Å². The Morgan fingerprint density at radius 1 is 1.39 bits per heavy atom. The number of carbonyl (C=O) groups excluding carboxylic acids is 1. The lowest BCUT2D eigenvalue weighted by Gasteiger charge is -2.20. The van der Waals surface area contributed by atoms with Gasteiger partial charge >= 0.3 is 0 Å². The molecule has 0 unspecified atom stereocenters. The molecule has 0 spiro atoms. The SMILES string of the molecule is C=CCn1c(SCC(=O)N(CCC#N)Cc2ccco2)nc2sc3c(c2c1=O)CCCCC3. The maximum atomic E-state index is 13.4. The Balaban J connectivity index is 1.60. The summed E-state index contributed by atoms with van der Waals surface area (Å²) in [5.41, 5.74) is 1.11. The first kappa shape index (κ1) is 23.3. The van der Waals surface area contributed by atoms with Gasteiger partial charge in [0.15, 0.2) is 5.16 Å². The van der Waals surface area contributed by atoms with E-state index in [-0.39, 0.29) is 23.6 Å². The van der Waals surface area contributed by atoms with Crippen LogP contribution in [-0.2, 0) is 30.7 Å². The molecule has 0 fully saturated rings. The number of furan rings is 1. The molecule has 9 heteroatoms. The zero-order valence-corrected chi connectivity index (χ0v) is 20.1. The number of allylic oxidation sites excluding steroid dienone is 1. The average Bonchev–Trinajstić information content (AvgIpc) is 3.39. The number of aryl methyl sites for hydroxylation is 2. The number of rotatable bonds is 9. The maximum Gasteiger partial charge on any atom is 0.263 e. The molecule has 0 radical (unpaired) electrons. The van der Waals surface area contributed by atoms with Gasteiger partial charge in [-0.1, -0.05) is 24.3 Å². The van der Waals surface area contributed by atoms with Gasteiger partial charge < -0.3 is 9.32 Å². The number of thioether (sulfide) groups is 1. The lowest BCUT2D eigenvalue weighted by Crippen LogP contribution is -2.33. The minimum atomic E-state index is -0.131. The number of amides is 1. The zero-order chi connectivity index (χ0) is 23.2. The topological polar surface area (TPSA) is 92.1 Å². The molecule has 4 rings (SSSR count). The third kappa shape index (κ3) is 5.23. The first-order chi connectivity index (χ1) is 16.1. The van der Waals surface area contributed by atoms with Gasteiger partial charge in [0.25, 0.3) is 5.56 Å². The van der Waals surface area contributed by atoms with Crippen LogP contribution in [0.4, 0.5) is 0 Å². The molecule has 1 amide bonds. The van der Waals surface area contributed by atoms with Crippen LogP contribution in [0.5, 0.6) is 0 Å². The number of nitrogens with zero attached hydrogens (tertiary/aromatic N) is 4. The Hall–Kier alpha value is -2.83. The summed E-state index contributed by atoms with van der Waals surface area (Å²) in [5, 5.41) is 10.2. The van der Waals surface area contributed by atoms with E-state index in [4.69, 9.17) is 14.7 Å². The molecule has 0 saturated heterocycles. The van der Waals surface area contributed by atoms with Crippen molar-refractivity contribution in [2.24, 2.45) is 0 Å². The van der Waals surface area contributed by atoms with Crippen molar-refractivity contribution in [1.82, 2.24) is 14.5 Å². The predicted molar refractivity (Wildman–Crippen MR) is 130 cm³/mol. The van der Waals surface area contributed by atoms with Crippen molar-refractivity contribution >= 4 is 39.2 Å². The fourth-order valence-electron chi connectivity index (χ4n) is 4.08. The fraction of sp³-hybridized carbons (Fsp3) is 0.417. The molecule has 33 heavy (non-hydrogen) atoms. The van der Waals surface area contributed by atoms with E-state index in [0.717, 1.165) is 41.5 Å². The van der Waals surface area contributed by atoms with Crippen molar-refractivity contribution in [1.29, 1.82) is 5.26 Å². The van der Waals surface area contributed by atoms with Crippen LogP contribution < -0.4 is 5.56 Å². The number of thiophene rings is 1. The normalized spacial score (nSPS) is 13.3. The first-order valence-corrected chi connectivity index (χ1v) is 12.9. The lowest BCUT2D eigenvalue weighted by molar-refractivity contribution is -0.129. The smallest absolute Gasteiger partial charge is 0.263 e. The fourth-order valence-corrected chi connectivity index (χ4v) is 6.30. The van der Waals surface area contributed by atoms with Crippen LogP contribution in [-0.4, -0.2) is 32.7 Å². The number of nitriles is 1. The lowest BCUT2D eigenvalue weighted by atomic mass is 10.1. The molecule has 0 bridgehead atoms. The number of hydrogen-bond acceptors (Lipinski definition) is 7. The van der Waals surface area contributed by atoms with Gasteiger partial charge in [0.05, 0.1) is 36.4 Å². The van der Waals surface area contributed by atoms with Gasteiger partial charge in [-0.2, -0.15) is 5.26 Å². The molecular weight excluding hydrogens is 456 g/mol. The highest BCUT2D eigenvalue weighted by molar-refractivity contribution is 7.99. The molecule has 0 aliphatic heterocycles. The summed E-state index contributed by atoms with van der Waals surface area (Å²) in [7, 11) is 0. The largest absolute Gasteiger partial charge is 0.467 e. The van der Waals surface area contributed by atoms with Crippen LogP contribution in [0.25, 0.3) is 10.2 Å². The standard InChI is InChI=1S/C24H26N4O3S2/c1-2-12-28-23(30)21-18-9-4-3-5-10-19(18)33-22(21)26-24(28)32-16-20(29)27(13-7-11-25)15-17-8-6-14-31-17/h2,6,8,14H,1,3-5,7,9-10,12-13,15-16H2. The van der Waals surface area contributed by atoms with E-state index in [2.05, 4.69) is 12.6 Å². The van der Waals surface area contributed by atoms with Crippen LogP contribution in [0, 0.1) is 11.3 Å². The second-order valence-electron chi connectivity index (χ2n) is 7.93. The van der Waals surface area contributed by atoms with Gasteiger partial charge in [-0.05, 0) is 43.4 Å². The Bertz CT molecular complexity index is 1240. The minimum Gasteiger partial charge on any atom is -0.467 e. The molecule has 3 aromatic heterocycles. The highest BCUT2D eigenvalue weighted by Gasteiger charge is 2.22. The van der Waals surface area contributed by atoms with Gasteiger partial charge in [-0.3, -0.25) is 14.2 Å². The van der Waals surface area contributed by atoms with E-state index in [1.807, 2.05) is 0 Å². The summed E-state index contributed by atoms with van der Waals surface area (Å²) in [6.07, 6.45) is 8.83. The maximum absolute atomic E-state index is 13.4. The summed E-state index contributed by atoms with van der Waals surface area (Å²) < 4.78 is 6.99. The highest BCUT2D eigenvalue weighted by atomic mass is 32.2. The predicted octanol–water partition coefficient (Wildman–Crippen LogP) is 4.54. The summed E-state index contributed by atoms with van der Waals surface area (Å²) in [6, 6.07) is 5.66. The summed E-state index contributed by atoms with van der Waals surface area (Å²) >= 11 is 2.87. The van der Waals surface area contributed by atoms with Gasteiger partial charge in [0, 0.05) is 18.0 Å². The van der Waals surface area contributed by atoms with Gasteiger partial charge in [-0.25, -0.2) is 4.98 Å². The van der Waals surface area contributed by atoms with Crippen LogP contribution in [0.3, 0.4) is 0 Å². The Morgan fingerprint density at radius 3 is 3.00 bits per heavy atom. The van der Waals surface area contributed by atoms with E-state index in [1.165, 1.54) is 23.1 Å². The monoisotopic (exact) mass is 482 g/mol. The number of carbonyl (C=O) groups is 1. The molecular formula is C24H26N4O3S2. The first-order valence-electron chi connectivity index (χ1n) is 11.1. The number of aromatic nitrogens is 2. The molecule has 0 aromatic carbocycles. The molecule has 1 aliphatic carbocycles. The van der Waals surface area contributed by atoms with Crippen molar-refractivity contribution < 1.29 is 9.21 Å². The van der Waals surface area contributed by atoms with E-state index >= 15 is 0 Å². The quantitative estimate of drug-likeness (QED) is 0.192. The average molecular weight is 483 g/mol. The van der Waals surface area contributed by atoms with Crippen LogP contribution in [0.1, 0.15) is 41.9 Å². The second kappa shape index (κ2) is 10.9. The van der Waals surface area contributed by atoms with Gasteiger partial charge in [0.1, 0.15) is 10.6 Å². The number of hydrogen-bond donors (Lipinski definition) is 0. The Labute approximate surface area is 200 Å². The Morgan fingerprint density at radius 2 is 2.24 bits per heavy atom. The van der Waals surface area contributed by atoms with Crippen molar-refractivity contribution in [2.75, 3.05) is 12.3 Å². The summed E-state index contributed by atoms with van der Waals surface area (Å²) in [6.45, 7) is 4.76. The molecule has 0 atom stereocenters. The third-order valence-electron chi connectivity index (χ3n) is 5.70. The van der Waals surface area contributed by atoms with Crippen molar-refractivity contribution in [3.05, 3.63) is 57.6 Å². The van der Waals surface area contributed by atoms with Gasteiger partial charge in [0.2, 0.25) is 5.91 Å². The molecule has 0 N–H and O–H groups in total. The zero-order valence-electron chi connectivity index (χ0n) is 18.4. The molecule has 1 aliphatic rings. The molecule has 0 saturated carbocycles. The van der Waals surface area contributed by atoms with Crippen molar-refractivity contribution in [2.45, 2.75) is 56.8 Å². The number of fused-ring (bicyclic) bond motifs is 3. The van der Waals surface area contributed by atoms with Crippen molar-refractivity contribution in [3.63, 3.8) is 0 Å². The van der Waals surface area contributed by atoms with Gasteiger partial charge in [-0.15, -0.1) is 17.9 Å². The minimum absolute atomic E-state index is 0.0498.